The molecular weight excluding hydrogens is 240 g/mol. The van der Waals surface area contributed by atoms with E-state index < -0.39 is 11.9 Å². The molecule has 5 nitrogen and oxygen atoms in total. The van der Waals surface area contributed by atoms with Crippen LogP contribution >= 0.6 is 12.2 Å². The average Bonchev–Trinajstić information content (AvgIpc) is 2.30. The van der Waals surface area contributed by atoms with Gasteiger partial charge in [0.05, 0.1) is 5.56 Å². The molecule has 94 valence electrons. The third-order valence-electron chi connectivity index (χ3n) is 1.77. The molecule has 0 saturated carbocycles. The Bertz CT molecular complexity index is 442. The van der Waals surface area contributed by atoms with Crippen molar-refractivity contribution in [2.24, 2.45) is 0 Å². The van der Waals surface area contributed by atoms with Gasteiger partial charge in [-0.15, -0.1) is 0 Å². The largest absolute Gasteiger partial charge is 0.480 e. The molecule has 0 aliphatic heterocycles. The number of H-pyrrole nitrogens is 1. The Morgan fingerprint density at radius 3 is 2.53 bits per heavy atom. The summed E-state index contributed by atoms with van der Waals surface area (Å²) in [5.74, 6) is -1.46. The van der Waals surface area contributed by atoms with E-state index in [1.807, 2.05) is 13.8 Å². The van der Waals surface area contributed by atoms with Crippen LogP contribution in [-0.2, 0) is 4.79 Å². The van der Waals surface area contributed by atoms with E-state index in [0.29, 0.717) is 10.2 Å². The Balaban J connectivity index is 0.00000121. The number of likely N-dealkylation sites (N-methyl/N-ethyl adjacent to an activating group) is 1. The monoisotopic (exact) mass is 256 g/mol. The maximum Gasteiger partial charge on any atom is 0.323 e. The zero-order valence-electron chi connectivity index (χ0n) is 10.1. The molecule has 0 saturated heterocycles. The van der Waals surface area contributed by atoms with Crippen LogP contribution in [0.25, 0.3) is 0 Å². The van der Waals surface area contributed by atoms with Crippen LogP contribution in [-0.4, -0.2) is 40.5 Å². The number of rotatable bonds is 3. The van der Waals surface area contributed by atoms with E-state index in [2.05, 4.69) is 4.98 Å². The van der Waals surface area contributed by atoms with Crippen LogP contribution in [0, 0.1) is 4.64 Å². The molecule has 1 aromatic heterocycles. The predicted molar refractivity (Wildman–Crippen MR) is 67.6 cm³/mol. The smallest absolute Gasteiger partial charge is 0.323 e. The summed E-state index contributed by atoms with van der Waals surface area (Å²) < 4.78 is 0.305. The van der Waals surface area contributed by atoms with E-state index in [0.717, 1.165) is 4.90 Å². The van der Waals surface area contributed by atoms with Crippen molar-refractivity contribution in [3.05, 3.63) is 28.5 Å². The quantitative estimate of drug-likeness (QED) is 0.810. The molecule has 1 aromatic rings. The van der Waals surface area contributed by atoms with Gasteiger partial charge in [-0.05, 0) is 12.1 Å². The van der Waals surface area contributed by atoms with E-state index >= 15 is 0 Å². The van der Waals surface area contributed by atoms with Gasteiger partial charge in [-0.1, -0.05) is 26.1 Å². The Hall–Kier alpha value is -1.69. The molecule has 1 amide bonds. The fourth-order valence-corrected chi connectivity index (χ4v) is 1.29. The van der Waals surface area contributed by atoms with E-state index in [1.54, 1.807) is 18.3 Å². The minimum atomic E-state index is -1.06. The summed E-state index contributed by atoms with van der Waals surface area (Å²) in [6, 6.07) is 3.19. The fraction of sp³-hybridized carbons (Fsp3) is 0.364. The number of hydrogen-bond acceptors (Lipinski definition) is 3. The molecule has 17 heavy (non-hydrogen) atoms. The van der Waals surface area contributed by atoms with Crippen LogP contribution in [0.2, 0.25) is 0 Å². The fourth-order valence-electron chi connectivity index (χ4n) is 1.07. The van der Waals surface area contributed by atoms with Crippen molar-refractivity contribution in [2.75, 3.05) is 13.6 Å². The van der Waals surface area contributed by atoms with Crippen molar-refractivity contribution in [3.63, 3.8) is 0 Å². The van der Waals surface area contributed by atoms with Gasteiger partial charge in [0, 0.05) is 13.2 Å². The third-order valence-corrected chi connectivity index (χ3v) is 2.11. The lowest BCUT2D eigenvalue weighted by Crippen LogP contribution is -2.32. The molecule has 0 fully saturated rings. The molecule has 0 radical (unpaired) electrons. The lowest BCUT2D eigenvalue weighted by atomic mass is 10.2. The number of carboxylic acid groups (broad SMARTS) is 1. The number of aliphatic carboxylic acids is 1. The maximum absolute atomic E-state index is 11.7. The van der Waals surface area contributed by atoms with E-state index in [4.69, 9.17) is 17.3 Å². The number of hydrogen-bond donors (Lipinski definition) is 2. The van der Waals surface area contributed by atoms with Crippen molar-refractivity contribution >= 4 is 24.1 Å². The first-order valence-corrected chi connectivity index (χ1v) is 5.58. The van der Waals surface area contributed by atoms with Gasteiger partial charge < -0.3 is 15.0 Å². The molecule has 0 spiro atoms. The number of pyridine rings is 1. The van der Waals surface area contributed by atoms with Crippen LogP contribution in [0.15, 0.2) is 18.3 Å². The van der Waals surface area contributed by atoms with Crippen LogP contribution in [0.3, 0.4) is 0 Å². The summed E-state index contributed by atoms with van der Waals surface area (Å²) in [5.41, 5.74) is 0.302. The van der Waals surface area contributed by atoms with Gasteiger partial charge in [0.15, 0.2) is 0 Å². The van der Waals surface area contributed by atoms with Gasteiger partial charge in [0.25, 0.3) is 5.91 Å². The van der Waals surface area contributed by atoms with Crippen LogP contribution in [0.4, 0.5) is 0 Å². The van der Waals surface area contributed by atoms with Crippen molar-refractivity contribution in [1.29, 1.82) is 0 Å². The van der Waals surface area contributed by atoms with E-state index in [1.165, 1.54) is 7.05 Å². The summed E-state index contributed by atoms with van der Waals surface area (Å²) in [6.07, 6.45) is 1.61. The number of carboxylic acids is 1. The second-order valence-electron chi connectivity index (χ2n) is 2.97. The Kier molecular flexibility index (Phi) is 6.81. The molecule has 0 aromatic carbocycles. The standard InChI is InChI=1S/C9H10N2O3S.C2H6/c1-11(5-7(12)13)9(14)6-3-2-4-10-8(6)15;1-2/h2-4H,5H2,1H3,(H,10,15)(H,12,13);1-2H3. The summed E-state index contributed by atoms with van der Waals surface area (Å²) in [4.78, 5) is 25.9. The van der Waals surface area contributed by atoms with Crippen molar-refractivity contribution < 1.29 is 14.7 Å². The number of carbonyl (C=O) groups excluding carboxylic acids is 1. The molecule has 0 bridgehead atoms. The average molecular weight is 256 g/mol. The molecule has 2 N–H and O–H groups in total. The highest BCUT2D eigenvalue weighted by molar-refractivity contribution is 7.71. The molecule has 0 aliphatic rings. The summed E-state index contributed by atoms with van der Waals surface area (Å²) in [7, 11) is 1.41. The summed E-state index contributed by atoms with van der Waals surface area (Å²) >= 11 is 4.91. The van der Waals surface area contributed by atoms with Crippen LogP contribution in [0.5, 0.6) is 0 Å². The molecule has 0 atom stereocenters. The lowest BCUT2D eigenvalue weighted by molar-refractivity contribution is -0.137. The zero-order valence-corrected chi connectivity index (χ0v) is 10.9. The number of amides is 1. The number of aromatic nitrogens is 1. The van der Waals surface area contributed by atoms with Crippen molar-refractivity contribution in [2.45, 2.75) is 13.8 Å². The number of nitrogens with one attached hydrogen (secondary N) is 1. The predicted octanol–water partition coefficient (Wildman–Crippen LogP) is 1.93. The Morgan fingerprint density at radius 2 is 2.06 bits per heavy atom. The number of nitrogens with zero attached hydrogens (tertiary/aromatic N) is 1. The highest BCUT2D eigenvalue weighted by Gasteiger charge is 2.15. The van der Waals surface area contributed by atoms with Gasteiger partial charge in [0.2, 0.25) is 0 Å². The van der Waals surface area contributed by atoms with Gasteiger partial charge in [-0.2, -0.15) is 0 Å². The number of aromatic amines is 1. The third kappa shape index (κ3) is 4.78. The highest BCUT2D eigenvalue weighted by atomic mass is 32.1. The van der Waals surface area contributed by atoms with E-state index in [9.17, 15) is 9.59 Å². The Morgan fingerprint density at radius 1 is 1.47 bits per heavy atom. The first-order valence-electron chi connectivity index (χ1n) is 5.17. The SMILES string of the molecule is CC.CN(CC(=O)O)C(=O)c1ccc[nH]c1=S. The topological polar surface area (TPSA) is 73.4 Å². The second kappa shape index (κ2) is 7.56. The minimum Gasteiger partial charge on any atom is -0.480 e. The molecule has 0 unspecified atom stereocenters. The minimum absolute atomic E-state index is 0.302. The zero-order chi connectivity index (χ0) is 13.4. The summed E-state index contributed by atoms with van der Waals surface area (Å²) in [5, 5.41) is 8.52. The van der Waals surface area contributed by atoms with Crippen molar-refractivity contribution in [1.82, 2.24) is 9.88 Å². The maximum atomic E-state index is 11.7. The molecule has 1 rings (SSSR count). The van der Waals surface area contributed by atoms with Gasteiger partial charge >= 0.3 is 5.97 Å². The van der Waals surface area contributed by atoms with Gasteiger partial charge in [0.1, 0.15) is 11.2 Å². The van der Waals surface area contributed by atoms with E-state index in [-0.39, 0.29) is 6.54 Å². The highest BCUT2D eigenvalue weighted by Crippen LogP contribution is 2.03. The molecule has 1 heterocycles. The van der Waals surface area contributed by atoms with Gasteiger partial charge in [-0.25, -0.2) is 0 Å². The summed E-state index contributed by atoms with van der Waals surface area (Å²) in [6.45, 7) is 3.66. The molecule has 6 heteroatoms. The molecular formula is C11H16N2O3S. The van der Waals surface area contributed by atoms with Crippen LogP contribution < -0.4 is 0 Å². The second-order valence-corrected chi connectivity index (χ2v) is 3.38. The van der Waals surface area contributed by atoms with Crippen molar-refractivity contribution in [3.8, 4) is 0 Å². The number of carbonyl (C=O) groups is 2. The normalized spacial score (nSPS) is 8.88. The lowest BCUT2D eigenvalue weighted by Gasteiger charge is -2.14. The first kappa shape index (κ1) is 15.3. The van der Waals surface area contributed by atoms with Gasteiger partial charge in [-0.3, -0.25) is 9.59 Å². The van der Waals surface area contributed by atoms with Crippen LogP contribution in [0.1, 0.15) is 24.2 Å². The Labute approximate surface area is 105 Å². The first-order chi connectivity index (χ1) is 8.02. The molecule has 0 aliphatic carbocycles.